The van der Waals surface area contributed by atoms with Gasteiger partial charge in [-0.25, -0.2) is 4.98 Å². The largest absolute Gasteiger partial charge is 0.493 e. The molecule has 118 valence electrons. The first kappa shape index (κ1) is 14.5. The number of benzene rings is 1. The van der Waals surface area contributed by atoms with Crippen molar-refractivity contribution in [3.05, 3.63) is 41.3 Å². The molecule has 0 spiro atoms. The molecule has 1 aromatic heterocycles. The molecule has 2 heterocycles. The Morgan fingerprint density at radius 3 is 3.17 bits per heavy atom. The lowest BCUT2D eigenvalue weighted by molar-refractivity contribution is -0.120. The quantitative estimate of drug-likeness (QED) is 0.866. The van der Waals surface area contributed by atoms with E-state index in [-0.39, 0.29) is 11.8 Å². The highest BCUT2D eigenvalue weighted by atomic mass is 32.1. The zero-order valence-electron chi connectivity index (χ0n) is 12.7. The van der Waals surface area contributed by atoms with Crippen LogP contribution in [0.2, 0.25) is 0 Å². The summed E-state index contributed by atoms with van der Waals surface area (Å²) in [5.74, 6) is 1.13. The SMILES string of the molecule is O=C(Nc1nc(-c2ccc3c(c2)CCO3)cs1)[C@@H]1CC=CCC1. The molecule has 1 aromatic carbocycles. The fraction of sp³-hybridized carbons (Fsp3) is 0.333. The summed E-state index contributed by atoms with van der Waals surface area (Å²) >= 11 is 1.48. The molecule has 5 heteroatoms. The summed E-state index contributed by atoms with van der Waals surface area (Å²) in [6.45, 7) is 0.757. The van der Waals surface area contributed by atoms with Gasteiger partial charge in [0.2, 0.25) is 5.91 Å². The molecule has 0 saturated carbocycles. The van der Waals surface area contributed by atoms with E-state index in [9.17, 15) is 4.79 Å². The predicted molar refractivity (Wildman–Crippen MR) is 91.9 cm³/mol. The molecule has 0 bridgehead atoms. The van der Waals surface area contributed by atoms with E-state index in [1.165, 1.54) is 16.9 Å². The first-order valence-electron chi connectivity index (χ1n) is 7.97. The van der Waals surface area contributed by atoms with Crippen molar-refractivity contribution in [2.45, 2.75) is 25.7 Å². The summed E-state index contributed by atoms with van der Waals surface area (Å²) in [4.78, 5) is 16.8. The molecule has 1 aliphatic carbocycles. The van der Waals surface area contributed by atoms with Gasteiger partial charge in [0.15, 0.2) is 5.13 Å². The van der Waals surface area contributed by atoms with Crippen molar-refractivity contribution < 1.29 is 9.53 Å². The Kier molecular flexibility index (Phi) is 3.87. The standard InChI is InChI=1S/C18H18N2O2S/c21-17(12-4-2-1-3-5-12)20-18-19-15(11-23-18)13-6-7-16-14(10-13)8-9-22-16/h1-2,6-7,10-12H,3-5,8-9H2,(H,19,20,21)/t12-/m1/s1. The minimum atomic E-state index is 0.0736. The van der Waals surface area contributed by atoms with Gasteiger partial charge in [-0.05, 0) is 43.0 Å². The second kappa shape index (κ2) is 6.16. The number of thiazole rings is 1. The molecule has 2 aliphatic rings. The van der Waals surface area contributed by atoms with E-state index in [0.29, 0.717) is 5.13 Å². The van der Waals surface area contributed by atoms with Crippen LogP contribution in [-0.2, 0) is 11.2 Å². The highest BCUT2D eigenvalue weighted by molar-refractivity contribution is 7.14. The number of allylic oxidation sites excluding steroid dienone is 2. The number of carbonyl (C=O) groups is 1. The van der Waals surface area contributed by atoms with E-state index in [0.717, 1.165) is 49.3 Å². The summed E-state index contributed by atoms with van der Waals surface area (Å²) in [6.07, 6.45) is 7.92. The van der Waals surface area contributed by atoms with Gasteiger partial charge in [-0.15, -0.1) is 11.3 Å². The molecule has 4 rings (SSSR count). The monoisotopic (exact) mass is 326 g/mol. The third kappa shape index (κ3) is 3.01. The van der Waals surface area contributed by atoms with Crippen molar-refractivity contribution in [3.63, 3.8) is 0 Å². The van der Waals surface area contributed by atoms with Gasteiger partial charge in [0.25, 0.3) is 0 Å². The molecule has 1 amide bonds. The van der Waals surface area contributed by atoms with Crippen LogP contribution >= 0.6 is 11.3 Å². The molecule has 0 unspecified atom stereocenters. The third-order valence-corrected chi connectivity index (χ3v) is 5.12. The summed E-state index contributed by atoms with van der Waals surface area (Å²) in [5, 5.41) is 5.64. The maximum absolute atomic E-state index is 12.3. The Balaban J connectivity index is 1.48. The molecule has 0 saturated heterocycles. The Bertz CT molecular complexity index is 766. The van der Waals surface area contributed by atoms with Crippen molar-refractivity contribution in [1.29, 1.82) is 0 Å². The van der Waals surface area contributed by atoms with E-state index < -0.39 is 0 Å². The topological polar surface area (TPSA) is 51.2 Å². The summed E-state index contributed by atoms with van der Waals surface area (Å²) < 4.78 is 5.53. The average molecular weight is 326 g/mol. The van der Waals surface area contributed by atoms with E-state index in [4.69, 9.17) is 4.74 Å². The normalized spacial score (nSPS) is 19.2. The number of hydrogen-bond donors (Lipinski definition) is 1. The summed E-state index contributed by atoms with van der Waals surface area (Å²) in [5.41, 5.74) is 3.21. The highest BCUT2D eigenvalue weighted by Crippen LogP contribution is 2.32. The Labute approximate surface area is 139 Å². The van der Waals surface area contributed by atoms with Gasteiger partial charge in [0.1, 0.15) is 5.75 Å². The van der Waals surface area contributed by atoms with Crippen LogP contribution in [-0.4, -0.2) is 17.5 Å². The average Bonchev–Trinajstić information content (AvgIpc) is 3.23. The molecular formula is C18H18N2O2S. The summed E-state index contributed by atoms with van der Waals surface area (Å²) in [7, 11) is 0. The van der Waals surface area contributed by atoms with Crippen molar-refractivity contribution in [3.8, 4) is 17.0 Å². The van der Waals surface area contributed by atoms with Crippen LogP contribution in [0.1, 0.15) is 24.8 Å². The molecule has 1 atom stereocenters. The van der Waals surface area contributed by atoms with E-state index in [1.807, 2.05) is 17.5 Å². The molecule has 0 fully saturated rings. The molecule has 0 radical (unpaired) electrons. The molecule has 2 aromatic rings. The first-order chi connectivity index (χ1) is 11.3. The van der Waals surface area contributed by atoms with Gasteiger partial charge < -0.3 is 10.1 Å². The maximum atomic E-state index is 12.3. The molecule has 1 N–H and O–H groups in total. The number of anilines is 1. The van der Waals surface area contributed by atoms with Crippen LogP contribution in [0.25, 0.3) is 11.3 Å². The number of fused-ring (bicyclic) bond motifs is 1. The lowest BCUT2D eigenvalue weighted by Crippen LogP contribution is -2.23. The van der Waals surface area contributed by atoms with E-state index >= 15 is 0 Å². The number of aromatic nitrogens is 1. The van der Waals surface area contributed by atoms with Crippen LogP contribution < -0.4 is 10.1 Å². The second-order valence-electron chi connectivity index (χ2n) is 5.93. The predicted octanol–water partition coefficient (Wildman–Crippen LogP) is 4.04. The van der Waals surface area contributed by atoms with E-state index in [2.05, 4.69) is 28.5 Å². The lowest BCUT2D eigenvalue weighted by Gasteiger charge is -2.15. The number of nitrogens with one attached hydrogen (secondary N) is 1. The fourth-order valence-electron chi connectivity index (χ4n) is 3.05. The van der Waals surface area contributed by atoms with Crippen molar-refractivity contribution >= 4 is 22.4 Å². The highest BCUT2D eigenvalue weighted by Gasteiger charge is 2.20. The minimum Gasteiger partial charge on any atom is -0.493 e. The van der Waals surface area contributed by atoms with Crippen molar-refractivity contribution in [2.75, 3.05) is 11.9 Å². The number of nitrogens with zero attached hydrogens (tertiary/aromatic N) is 1. The van der Waals surface area contributed by atoms with Gasteiger partial charge in [0, 0.05) is 23.3 Å². The number of rotatable bonds is 3. The Morgan fingerprint density at radius 2 is 2.30 bits per heavy atom. The van der Waals surface area contributed by atoms with Gasteiger partial charge in [-0.2, -0.15) is 0 Å². The number of ether oxygens (including phenoxy) is 1. The van der Waals surface area contributed by atoms with E-state index in [1.54, 1.807) is 0 Å². The molecule has 4 nitrogen and oxygen atoms in total. The van der Waals surface area contributed by atoms with Gasteiger partial charge in [0.05, 0.1) is 12.3 Å². The van der Waals surface area contributed by atoms with Crippen LogP contribution in [0, 0.1) is 5.92 Å². The van der Waals surface area contributed by atoms with Gasteiger partial charge in [-0.3, -0.25) is 4.79 Å². The molecular weight excluding hydrogens is 308 g/mol. The van der Waals surface area contributed by atoms with Crippen LogP contribution in [0.15, 0.2) is 35.7 Å². The zero-order chi connectivity index (χ0) is 15.6. The van der Waals surface area contributed by atoms with Gasteiger partial charge in [-0.1, -0.05) is 12.2 Å². The Hall–Kier alpha value is -2.14. The maximum Gasteiger partial charge on any atom is 0.229 e. The number of amides is 1. The van der Waals surface area contributed by atoms with Gasteiger partial charge >= 0.3 is 0 Å². The van der Waals surface area contributed by atoms with Crippen LogP contribution in [0.4, 0.5) is 5.13 Å². The first-order valence-corrected chi connectivity index (χ1v) is 8.85. The fourth-order valence-corrected chi connectivity index (χ4v) is 3.77. The van der Waals surface area contributed by atoms with Crippen LogP contribution in [0.5, 0.6) is 5.75 Å². The summed E-state index contributed by atoms with van der Waals surface area (Å²) in [6, 6.07) is 6.16. The Morgan fingerprint density at radius 1 is 1.35 bits per heavy atom. The third-order valence-electron chi connectivity index (χ3n) is 4.36. The van der Waals surface area contributed by atoms with Crippen molar-refractivity contribution in [1.82, 2.24) is 4.98 Å². The molecule has 1 aliphatic heterocycles. The zero-order valence-corrected chi connectivity index (χ0v) is 13.6. The number of carbonyl (C=O) groups excluding carboxylic acids is 1. The lowest BCUT2D eigenvalue weighted by atomic mass is 9.94. The smallest absolute Gasteiger partial charge is 0.229 e. The second-order valence-corrected chi connectivity index (χ2v) is 6.79. The van der Waals surface area contributed by atoms with Crippen LogP contribution in [0.3, 0.4) is 0 Å². The van der Waals surface area contributed by atoms with Crippen molar-refractivity contribution in [2.24, 2.45) is 5.92 Å². The minimum absolute atomic E-state index is 0.0736. The number of hydrogen-bond acceptors (Lipinski definition) is 4. The molecule has 23 heavy (non-hydrogen) atoms.